The van der Waals surface area contributed by atoms with Gasteiger partial charge in [-0.15, -0.1) is 0 Å². The van der Waals surface area contributed by atoms with Gasteiger partial charge in [0.05, 0.1) is 0 Å². The predicted octanol–water partition coefficient (Wildman–Crippen LogP) is 6.77. The van der Waals surface area contributed by atoms with Crippen molar-refractivity contribution in [1.29, 1.82) is 0 Å². The number of ether oxygens (including phenoxy) is 2. The molecule has 1 aliphatic carbocycles. The molecule has 1 aliphatic rings. The van der Waals surface area contributed by atoms with E-state index in [1.165, 1.54) is 39.5 Å². The van der Waals surface area contributed by atoms with Crippen LogP contribution >= 0.6 is 0 Å². The van der Waals surface area contributed by atoms with Crippen molar-refractivity contribution in [2.24, 2.45) is 11.8 Å². The molecule has 0 spiro atoms. The van der Waals surface area contributed by atoms with Crippen molar-refractivity contribution in [2.75, 3.05) is 0 Å². The normalized spacial score (nSPS) is 20.3. The fourth-order valence-electron chi connectivity index (χ4n) is 4.85. The lowest BCUT2D eigenvalue weighted by Gasteiger charge is -2.35. The summed E-state index contributed by atoms with van der Waals surface area (Å²) in [6.07, 6.45) is 21.1. The lowest BCUT2D eigenvalue weighted by Crippen LogP contribution is -2.33. The second-order valence-electron chi connectivity index (χ2n) is 9.52. The maximum absolute atomic E-state index is 11.7. The van der Waals surface area contributed by atoms with Crippen LogP contribution in [0.2, 0.25) is 0 Å². The molecule has 34 heavy (non-hydrogen) atoms. The van der Waals surface area contributed by atoms with Crippen LogP contribution in [-0.4, -0.2) is 35.2 Å². The highest BCUT2D eigenvalue weighted by Crippen LogP contribution is 2.36. The molecule has 0 heterocycles. The molecule has 1 N–H and O–H groups in total. The van der Waals surface area contributed by atoms with Gasteiger partial charge in [0, 0.05) is 26.2 Å². The maximum Gasteiger partial charge on any atom is 0.303 e. The summed E-state index contributed by atoms with van der Waals surface area (Å²) >= 11 is 0. The number of carbonyl (C=O) groups excluding carboxylic acids is 2. The number of hydrogen-bond acceptors (Lipinski definition) is 5. The molecule has 1 rings (SSSR count). The first-order valence-electron chi connectivity index (χ1n) is 13.2. The number of carboxylic acid groups (broad SMARTS) is 1. The lowest BCUT2D eigenvalue weighted by atomic mass is 9.75. The summed E-state index contributed by atoms with van der Waals surface area (Å²) in [5, 5.41) is 8.96. The van der Waals surface area contributed by atoms with Crippen molar-refractivity contribution in [3.63, 3.8) is 0 Å². The highest BCUT2D eigenvalue weighted by Gasteiger charge is 2.32. The van der Waals surface area contributed by atoms with E-state index < -0.39 is 5.97 Å². The first kappa shape index (κ1) is 29.9. The van der Waals surface area contributed by atoms with Gasteiger partial charge in [0.15, 0.2) is 0 Å². The zero-order chi connectivity index (χ0) is 25.2. The molecule has 6 nitrogen and oxygen atoms in total. The molecule has 0 bridgehead atoms. The van der Waals surface area contributed by atoms with Crippen LogP contribution < -0.4 is 0 Å². The standard InChI is InChI=1S/C28H46O6/c1-4-5-6-7-8-9-17-25(33-22(2)29)18-12-10-15-24-16-11-13-19-26(24)27(34-23(3)30)20-14-21-28(31)32/h10,12,15,18,24-27H,4-9,11,13-14,16-17,19-21H2,1-3H3,(H,31,32)/b15-10+,18-12+/t24-,25?,26-,27?/m1/s1. The minimum absolute atomic E-state index is 0.0872. The van der Waals surface area contributed by atoms with Crippen LogP contribution in [0, 0.1) is 11.8 Å². The summed E-state index contributed by atoms with van der Waals surface area (Å²) in [6, 6.07) is 0. The van der Waals surface area contributed by atoms with Crippen molar-refractivity contribution in [3.8, 4) is 0 Å². The lowest BCUT2D eigenvalue weighted by molar-refractivity contribution is -0.151. The topological polar surface area (TPSA) is 89.9 Å². The van der Waals surface area contributed by atoms with Crippen LogP contribution in [0.5, 0.6) is 0 Å². The van der Waals surface area contributed by atoms with Crippen LogP contribution in [0.4, 0.5) is 0 Å². The van der Waals surface area contributed by atoms with Crippen LogP contribution in [0.25, 0.3) is 0 Å². The van der Waals surface area contributed by atoms with Gasteiger partial charge in [0.1, 0.15) is 12.2 Å². The quantitative estimate of drug-likeness (QED) is 0.141. The minimum Gasteiger partial charge on any atom is -0.481 e. The van der Waals surface area contributed by atoms with Crippen LogP contribution in [-0.2, 0) is 23.9 Å². The molecule has 0 aromatic carbocycles. The highest BCUT2D eigenvalue weighted by molar-refractivity contribution is 5.67. The smallest absolute Gasteiger partial charge is 0.303 e. The van der Waals surface area contributed by atoms with Gasteiger partial charge in [0.25, 0.3) is 0 Å². The Bertz CT molecular complexity index is 653. The number of esters is 2. The summed E-state index contributed by atoms with van der Waals surface area (Å²) in [5.41, 5.74) is 0. The van der Waals surface area contributed by atoms with E-state index in [1.54, 1.807) is 0 Å². The first-order valence-corrected chi connectivity index (χ1v) is 13.2. The number of unbranched alkanes of at least 4 members (excludes halogenated alkanes) is 5. The van der Waals surface area contributed by atoms with Gasteiger partial charge in [-0.2, -0.15) is 0 Å². The van der Waals surface area contributed by atoms with E-state index in [9.17, 15) is 14.4 Å². The number of carbonyl (C=O) groups is 3. The molecule has 4 atom stereocenters. The molecule has 0 radical (unpaired) electrons. The molecule has 1 saturated carbocycles. The Morgan fingerprint density at radius 1 is 0.882 bits per heavy atom. The fourth-order valence-corrected chi connectivity index (χ4v) is 4.85. The van der Waals surface area contributed by atoms with Crippen molar-refractivity contribution >= 4 is 17.9 Å². The van der Waals surface area contributed by atoms with Crippen LogP contribution in [0.3, 0.4) is 0 Å². The average molecular weight is 479 g/mol. The summed E-state index contributed by atoms with van der Waals surface area (Å²) in [5.74, 6) is -0.924. The van der Waals surface area contributed by atoms with Gasteiger partial charge >= 0.3 is 17.9 Å². The summed E-state index contributed by atoms with van der Waals surface area (Å²) in [6.45, 7) is 5.07. The molecule has 6 heteroatoms. The van der Waals surface area contributed by atoms with Crippen LogP contribution in [0.15, 0.2) is 24.3 Å². The molecular weight excluding hydrogens is 432 g/mol. The van der Waals surface area contributed by atoms with Gasteiger partial charge in [-0.3, -0.25) is 14.4 Å². The Labute approximate surface area is 206 Å². The molecule has 1 fully saturated rings. The third-order valence-corrected chi connectivity index (χ3v) is 6.50. The highest BCUT2D eigenvalue weighted by atomic mass is 16.5. The van der Waals surface area contributed by atoms with Gasteiger partial charge in [-0.05, 0) is 50.5 Å². The summed E-state index contributed by atoms with van der Waals surface area (Å²) in [4.78, 5) is 34.1. The van der Waals surface area contributed by atoms with E-state index in [1.807, 2.05) is 18.2 Å². The Morgan fingerprint density at radius 2 is 1.56 bits per heavy atom. The molecule has 0 amide bonds. The van der Waals surface area contributed by atoms with E-state index in [0.29, 0.717) is 12.8 Å². The number of carboxylic acids is 1. The predicted molar refractivity (Wildman–Crippen MR) is 134 cm³/mol. The number of aliphatic carboxylic acids is 1. The average Bonchev–Trinajstić information content (AvgIpc) is 2.77. The van der Waals surface area contributed by atoms with Gasteiger partial charge < -0.3 is 14.6 Å². The monoisotopic (exact) mass is 478 g/mol. The fraction of sp³-hybridized carbons (Fsp3) is 0.750. The second-order valence-corrected chi connectivity index (χ2v) is 9.52. The third-order valence-electron chi connectivity index (χ3n) is 6.50. The minimum atomic E-state index is -0.824. The summed E-state index contributed by atoms with van der Waals surface area (Å²) < 4.78 is 11.1. The Kier molecular flexibility index (Phi) is 16.1. The van der Waals surface area contributed by atoms with E-state index in [4.69, 9.17) is 14.6 Å². The zero-order valence-corrected chi connectivity index (χ0v) is 21.5. The number of allylic oxidation sites excluding steroid dienone is 3. The molecule has 2 unspecified atom stereocenters. The van der Waals surface area contributed by atoms with E-state index >= 15 is 0 Å². The second kappa shape index (κ2) is 18.2. The Hall–Kier alpha value is -2.11. The largest absolute Gasteiger partial charge is 0.481 e. The first-order chi connectivity index (χ1) is 16.3. The van der Waals surface area contributed by atoms with Crippen molar-refractivity contribution in [3.05, 3.63) is 24.3 Å². The van der Waals surface area contributed by atoms with E-state index in [-0.39, 0.29) is 42.4 Å². The summed E-state index contributed by atoms with van der Waals surface area (Å²) in [7, 11) is 0. The van der Waals surface area contributed by atoms with Crippen molar-refractivity contribution in [1.82, 2.24) is 0 Å². The van der Waals surface area contributed by atoms with Crippen molar-refractivity contribution in [2.45, 2.75) is 123 Å². The molecular formula is C28H46O6. The zero-order valence-electron chi connectivity index (χ0n) is 21.5. The van der Waals surface area contributed by atoms with E-state index in [2.05, 4.69) is 13.0 Å². The van der Waals surface area contributed by atoms with Crippen molar-refractivity contribution < 1.29 is 29.0 Å². The van der Waals surface area contributed by atoms with Gasteiger partial charge in [0.2, 0.25) is 0 Å². The van der Waals surface area contributed by atoms with E-state index in [0.717, 1.165) is 44.9 Å². The Balaban J connectivity index is 2.69. The molecule has 0 aromatic rings. The van der Waals surface area contributed by atoms with Crippen LogP contribution in [0.1, 0.15) is 111 Å². The molecule has 0 aromatic heterocycles. The van der Waals surface area contributed by atoms with Gasteiger partial charge in [-0.1, -0.05) is 70.1 Å². The SMILES string of the molecule is CCCCCCCCC(/C=C/C=C/[C@@H]1CCCC[C@H]1C(CCCC(=O)O)OC(C)=O)OC(C)=O. The number of rotatable bonds is 17. The third kappa shape index (κ3) is 14.2. The molecule has 0 saturated heterocycles. The Morgan fingerprint density at radius 3 is 2.24 bits per heavy atom. The van der Waals surface area contributed by atoms with Gasteiger partial charge in [-0.25, -0.2) is 0 Å². The maximum atomic E-state index is 11.7. The molecule has 194 valence electrons. The molecule has 0 aliphatic heterocycles. The number of hydrogen-bond donors (Lipinski definition) is 1.